The number of aliphatic hydroxyl groups is 1. The Labute approximate surface area is 228 Å². The number of ether oxygens (including phenoxy) is 1. The number of carbonyl (C=O) groups is 4. The number of alkyl carbamates (subject to hydrolysis) is 1. The van der Waals surface area contributed by atoms with Gasteiger partial charge in [0.2, 0.25) is 11.8 Å². The molecule has 0 radical (unpaired) electrons. The predicted molar refractivity (Wildman–Crippen MR) is 147 cm³/mol. The third kappa shape index (κ3) is 8.58. The first-order valence-electron chi connectivity index (χ1n) is 12.4. The Morgan fingerprint density at radius 2 is 1.69 bits per heavy atom. The lowest BCUT2D eigenvalue weighted by atomic mass is 9.96. The van der Waals surface area contributed by atoms with Gasteiger partial charge < -0.3 is 31.1 Å². The lowest BCUT2D eigenvalue weighted by Crippen LogP contribution is -2.54. The first kappa shape index (κ1) is 30.9. The van der Waals surface area contributed by atoms with Crippen LogP contribution in [0.1, 0.15) is 55.5 Å². The number of hydrogen-bond donors (Lipinski definition) is 4. The predicted octanol–water partition coefficient (Wildman–Crippen LogP) is 2.55. The minimum atomic E-state index is -1.47. The van der Waals surface area contributed by atoms with Crippen LogP contribution in [0.4, 0.5) is 10.5 Å². The average Bonchev–Trinajstić information content (AvgIpc) is 2.84. The lowest BCUT2D eigenvalue weighted by Gasteiger charge is -2.34. The van der Waals surface area contributed by atoms with Crippen molar-refractivity contribution in [1.29, 1.82) is 0 Å². The number of primary amides is 1. The van der Waals surface area contributed by atoms with Crippen molar-refractivity contribution in [2.75, 3.05) is 18.5 Å². The molecule has 5 N–H and O–H groups in total. The standard InChI is InChI=1S/C29H36N4O6/c1-7-20-13-8-9-14-21(20)25(26(36)32-24-18(2)11-10-12-19(24)3)33(15-16-34)27(37)22(17-23(30)35)31-28(38)39-29(4,5)6/h1,8-14,22,25,34H,15-17H2,2-6H3,(H2,30,35)(H,31,38)(H,32,36). The lowest BCUT2D eigenvalue weighted by molar-refractivity contribution is -0.142. The molecule has 39 heavy (non-hydrogen) atoms. The van der Waals surface area contributed by atoms with E-state index in [2.05, 4.69) is 16.6 Å². The second kappa shape index (κ2) is 13.4. The molecule has 0 aliphatic heterocycles. The second-order valence-corrected chi connectivity index (χ2v) is 10.0. The van der Waals surface area contributed by atoms with Crippen molar-refractivity contribution in [2.24, 2.45) is 5.73 Å². The van der Waals surface area contributed by atoms with E-state index < -0.39 is 54.5 Å². The van der Waals surface area contributed by atoms with Crippen LogP contribution in [0.5, 0.6) is 0 Å². The molecule has 0 aliphatic rings. The summed E-state index contributed by atoms with van der Waals surface area (Å²) in [5, 5.41) is 15.2. The summed E-state index contributed by atoms with van der Waals surface area (Å²) in [6.07, 6.45) is 4.20. The van der Waals surface area contributed by atoms with Crippen LogP contribution in [0.15, 0.2) is 42.5 Å². The molecule has 0 saturated carbocycles. The van der Waals surface area contributed by atoms with Crippen molar-refractivity contribution in [3.05, 3.63) is 64.7 Å². The molecular formula is C29H36N4O6. The summed E-state index contributed by atoms with van der Waals surface area (Å²) in [6.45, 7) is 7.75. The fraction of sp³-hybridized carbons (Fsp3) is 0.379. The molecule has 10 heteroatoms. The van der Waals surface area contributed by atoms with E-state index in [-0.39, 0.29) is 6.54 Å². The van der Waals surface area contributed by atoms with E-state index >= 15 is 0 Å². The summed E-state index contributed by atoms with van der Waals surface area (Å²) in [5.41, 5.74) is 7.32. The summed E-state index contributed by atoms with van der Waals surface area (Å²) in [6, 6.07) is 9.29. The maximum absolute atomic E-state index is 13.9. The van der Waals surface area contributed by atoms with E-state index in [1.165, 1.54) is 0 Å². The fourth-order valence-corrected chi connectivity index (χ4v) is 4.05. The van der Waals surface area contributed by atoms with Crippen molar-refractivity contribution in [3.63, 3.8) is 0 Å². The Morgan fingerprint density at radius 3 is 2.23 bits per heavy atom. The second-order valence-electron chi connectivity index (χ2n) is 10.0. The van der Waals surface area contributed by atoms with E-state index in [9.17, 15) is 24.3 Å². The zero-order valence-corrected chi connectivity index (χ0v) is 22.9. The van der Waals surface area contributed by atoms with Gasteiger partial charge in [-0.05, 0) is 57.4 Å². The van der Waals surface area contributed by atoms with Crippen molar-refractivity contribution >= 4 is 29.5 Å². The van der Waals surface area contributed by atoms with Crippen LogP contribution in [-0.2, 0) is 19.1 Å². The third-order valence-electron chi connectivity index (χ3n) is 5.72. The molecule has 2 aromatic rings. The van der Waals surface area contributed by atoms with Gasteiger partial charge in [-0.1, -0.05) is 42.3 Å². The molecule has 0 bridgehead atoms. The van der Waals surface area contributed by atoms with Crippen LogP contribution in [0.25, 0.3) is 0 Å². The molecule has 2 unspecified atom stereocenters. The van der Waals surface area contributed by atoms with Gasteiger partial charge >= 0.3 is 6.09 Å². The smallest absolute Gasteiger partial charge is 0.408 e. The Morgan fingerprint density at radius 1 is 1.08 bits per heavy atom. The molecule has 2 aromatic carbocycles. The number of para-hydroxylation sites is 1. The molecule has 0 spiro atoms. The van der Waals surface area contributed by atoms with Gasteiger partial charge in [0.05, 0.1) is 13.0 Å². The van der Waals surface area contributed by atoms with Crippen molar-refractivity contribution in [3.8, 4) is 12.3 Å². The number of aliphatic hydroxyl groups excluding tert-OH is 1. The highest BCUT2D eigenvalue weighted by molar-refractivity contribution is 6.00. The van der Waals surface area contributed by atoms with Crippen molar-refractivity contribution in [1.82, 2.24) is 10.2 Å². The number of rotatable bonds is 10. The van der Waals surface area contributed by atoms with Gasteiger partial charge in [0, 0.05) is 17.8 Å². The molecule has 2 rings (SSSR count). The highest BCUT2D eigenvalue weighted by Gasteiger charge is 2.37. The molecule has 0 saturated heterocycles. The number of amides is 4. The highest BCUT2D eigenvalue weighted by Crippen LogP contribution is 2.29. The molecule has 0 heterocycles. The normalized spacial score (nSPS) is 12.4. The van der Waals surface area contributed by atoms with Crippen molar-refractivity contribution < 1.29 is 29.0 Å². The van der Waals surface area contributed by atoms with Crippen LogP contribution in [-0.4, -0.2) is 58.6 Å². The van der Waals surface area contributed by atoms with Gasteiger partial charge in [-0.15, -0.1) is 6.42 Å². The van der Waals surface area contributed by atoms with Gasteiger partial charge in [-0.2, -0.15) is 0 Å². The van der Waals surface area contributed by atoms with Crippen LogP contribution in [0, 0.1) is 26.2 Å². The number of carbonyl (C=O) groups excluding carboxylic acids is 4. The van der Waals surface area contributed by atoms with E-state index in [4.69, 9.17) is 16.9 Å². The summed E-state index contributed by atoms with van der Waals surface area (Å²) in [7, 11) is 0. The van der Waals surface area contributed by atoms with Gasteiger partial charge in [0.25, 0.3) is 5.91 Å². The van der Waals surface area contributed by atoms with Gasteiger partial charge in [0.1, 0.15) is 17.7 Å². The van der Waals surface area contributed by atoms with Crippen LogP contribution >= 0.6 is 0 Å². The summed E-state index contributed by atoms with van der Waals surface area (Å²) < 4.78 is 5.25. The molecule has 2 atom stereocenters. The zero-order valence-electron chi connectivity index (χ0n) is 22.9. The van der Waals surface area contributed by atoms with Crippen LogP contribution in [0.2, 0.25) is 0 Å². The van der Waals surface area contributed by atoms with E-state index in [1.807, 2.05) is 32.0 Å². The number of hydrogen-bond acceptors (Lipinski definition) is 6. The third-order valence-corrected chi connectivity index (χ3v) is 5.72. The summed E-state index contributed by atoms with van der Waals surface area (Å²) >= 11 is 0. The minimum absolute atomic E-state index is 0.312. The number of anilines is 1. The Balaban J connectivity index is 2.61. The fourth-order valence-electron chi connectivity index (χ4n) is 4.05. The molecule has 10 nitrogen and oxygen atoms in total. The SMILES string of the molecule is C#Cc1ccccc1C(C(=O)Nc1c(C)cccc1C)N(CCO)C(=O)C(CC(N)=O)NC(=O)OC(C)(C)C. The van der Waals surface area contributed by atoms with Gasteiger partial charge in [0.15, 0.2) is 0 Å². The Bertz CT molecular complexity index is 1240. The Kier molecular flexibility index (Phi) is 10.6. The number of benzene rings is 2. The Hall–Kier alpha value is -4.36. The van der Waals surface area contributed by atoms with E-state index in [1.54, 1.807) is 45.0 Å². The van der Waals surface area contributed by atoms with Gasteiger partial charge in [-0.3, -0.25) is 14.4 Å². The van der Waals surface area contributed by atoms with E-state index in [0.717, 1.165) is 16.0 Å². The number of aryl methyl sites for hydroxylation is 2. The van der Waals surface area contributed by atoms with E-state index in [0.29, 0.717) is 16.8 Å². The summed E-state index contributed by atoms with van der Waals surface area (Å²) in [4.78, 5) is 53.2. The number of terminal acetylenes is 1. The quantitative estimate of drug-likeness (QED) is 0.343. The minimum Gasteiger partial charge on any atom is -0.444 e. The monoisotopic (exact) mass is 536 g/mol. The maximum Gasteiger partial charge on any atom is 0.408 e. The maximum atomic E-state index is 13.9. The summed E-state index contributed by atoms with van der Waals surface area (Å²) in [5.74, 6) is 0.226. The molecular weight excluding hydrogens is 500 g/mol. The number of nitrogens with zero attached hydrogens (tertiary/aromatic N) is 1. The van der Waals surface area contributed by atoms with Crippen LogP contribution in [0.3, 0.4) is 0 Å². The zero-order chi connectivity index (χ0) is 29.3. The molecule has 4 amide bonds. The average molecular weight is 537 g/mol. The largest absolute Gasteiger partial charge is 0.444 e. The molecule has 0 fully saturated rings. The number of nitrogens with two attached hydrogens (primary N) is 1. The topological polar surface area (TPSA) is 151 Å². The molecule has 0 aromatic heterocycles. The van der Waals surface area contributed by atoms with Crippen molar-refractivity contribution in [2.45, 2.75) is 58.7 Å². The molecule has 208 valence electrons. The van der Waals surface area contributed by atoms with Crippen LogP contribution < -0.4 is 16.4 Å². The molecule has 0 aliphatic carbocycles. The highest BCUT2D eigenvalue weighted by atomic mass is 16.6. The first-order valence-corrected chi connectivity index (χ1v) is 12.4. The first-order chi connectivity index (χ1) is 18.3. The van der Waals surface area contributed by atoms with Gasteiger partial charge in [-0.25, -0.2) is 4.79 Å². The number of nitrogens with one attached hydrogen (secondary N) is 2.